The smallest absolute Gasteiger partial charge is 0.336 e. The third kappa shape index (κ3) is 4.41. The zero-order valence-corrected chi connectivity index (χ0v) is 14.3. The SMILES string of the molecule is O=C(O)C(=Cc1ccccc1C(=O)O)c1ccc(Nc2ccccc2)cc1. The van der Waals surface area contributed by atoms with Crippen LogP contribution in [0.1, 0.15) is 21.5 Å². The number of anilines is 2. The number of para-hydroxylation sites is 1. The number of hydrogen-bond acceptors (Lipinski definition) is 3. The molecule has 27 heavy (non-hydrogen) atoms. The van der Waals surface area contributed by atoms with E-state index in [-0.39, 0.29) is 11.1 Å². The fraction of sp³-hybridized carbons (Fsp3) is 0. The molecule has 0 unspecified atom stereocenters. The summed E-state index contributed by atoms with van der Waals surface area (Å²) in [7, 11) is 0. The summed E-state index contributed by atoms with van der Waals surface area (Å²) in [6.07, 6.45) is 1.38. The lowest BCUT2D eigenvalue weighted by atomic mass is 9.99. The first kappa shape index (κ1) is 17.9. The molecule has 3 aromatic rings. The Bertz CT molecular complexity index is 992. The molecule has 0 saturated heterocycles. The van der Waals surface area contributed by atoms with Crippen molar-refractivity contribution in [2.45, 2.75) is 0 Å². The van der Waals surface area contributed by atoms with Crippen molar-refractivity contribution < 1.29 is 19.8 Å². The molecular formula is C22H17NO4. The van der Waals surface area contributed by atoms with Gasteiger partial charge in [-0.05, 0) is 47.5 Å². The van der Waals surface area contributed by atoms with Gasteiger partial charge >= 0.3 is 11.9 Å². The minimum atomic E-state index is -1.13. The molecule has 0 atom stereocenters. The maximum Gasteiger partial charge on any atom is 0.336 e. The van der Waals surface area contributed by atoms with E-state index in [2.05, 4.69) is 5.32 Å². The van der Waals surface area contributed by atoms with Crippen LogP contribution in [0.25, 0.3) is 11.6 Å². The molecule has 0 aromatic heterocycles. The number of carboxylic acids is 2. The predicted molar refractivity (Wildman–Crippen MR) is 105 cm³/mol. The third-order valence-electron chi connectivity index (χ3n) is 3.98. The van der Waals surface area contributed by atoms with Crippen LogP contribution in [0, 0.1) is 0 Å². The van der Waals surface area contributed by atoms with Gasteiger partial charge in [-0.15, -0.1) is 0 Å². The second-order valence-electron chi connectivity index (χ2n) is 5.82. The molecule has 0 aliphatic rings. The number of rotatable bonds is 6. The first-order chi connectivity index (χ1) is 13.0. The molecule has 5 nitrogen and oxygen atoms in total. The van der Waals surface area contributed by atoms with Gasteiger partial charge in [0.15, 0.2) is 0 Å². The van der Waals surface area contributed by atoms with E-state index in [1.165, 1.54) is 12.1 Å². The maximum absolute atomic E-state index is 11.7. The van der Waals surface area contributed by atoms with Crippen LogP contribution in [0.3, 0.4) is 0 Å². The number of carboxylic acid groups (broad SMARTS) is 2. The largest absolute Gasteiger partial charge is 0.478 e. The van der Waals surface area contributed by atoms with E-state index < -0.39 is 11.9 Å². The Labute approximate surface area is 156 Å². The summed E-state index contributed by atoms with van der Waals surface area (Å²) in [5.74, 6) is -2.23. The van der Waals surface area contributed by atoms with Crippen molar-refractivity contribution in [1.29, 1.82) is 0 Å². The van der Waals surface area contributed by atoms with Crippen LogP contribution in [0.5, 0.6) is 0 Å². The van der Waals surface area contributed by atoms with Crippen LogP contribution < -0.4 is 5.32 Å². The van der Waals surface area contributed by atoms with E-state index in [1.807, 2.05) is 30.3 Å². The maximum atomic E-state index is 11.7. The zero-order chi connectivity index (χ0) is 19.2. The van der Waals surface area contributed by atoms with Crippen molar-refractivity contribution in [3.8, 4) is 0 Å². The van der Waals surface area contributed by atoms with Crippen LogP contribution in [0.4, 0.5) is 11.4 Å². The Balaban J connectivity index is 1.92. The highest BCUT2D eigenvalue weighted by atomic mass is 16.4. The fourth-order valence-electron chi connectivity index (χ4n) is 2.66. The van der Waals surface area contributed by atoms with Crippen LogP contribution >= 0.6 is 0 Å². The molecule has 0 fully saturated rings. The van der Waals surface area contributed by atoms with Crippen molar-refractivity contribution in [1.82, 2.24) is 0 Å². The first-order valence-corrected chi connectivity index (χ1v) is 8.24. The Hall–Kier alpha value is -3.86. The molecule has 0 radical (unpaired) electrons. The average molecular weight is 359 g/mol. The van der Waals surface area contributed by atoms with Gasteiger partial charge in [0.2, 0.25) is 0 Å². The van der Waals surface area contributed by atoms with Crippen molar-refractivity contribution in [2.24, 2.45) is 0 Å². The van der Waals surface area contributed by atoms with Crippen LogP contribution in [0.15, 0.2) is 78.9 Å². The van der Waals surface area contributed by atoms with Gasteiger partial charge < -0.3 is 15.5 Å². The summed E-state index contributed by atoms with van der Waals surface area (Å²) in [6.45, 7) is 0. The highest BCUT2D eigenvalue weighted by molar-refractivity contribution is 6.21. The van der Waals surface area contributed by atoms with Gasteiger partial charge in [0, 0.05) is 11.4 Å². The lowest BCUT2D eigenvalue weighted by molar-refractivity contribution is -0.130. The number of hydrogen-bond donors (Lipinski definition) is 3. The standard InChI is InChI=1S/C22H17NO4/c24-21(25)19-9-5-4-6-16(19)14-20(22(26)27)15-10-12-18(13-11-15)23-17-7-2-1-3-8-17/h1-14,23H,(H,24,25)(H,26,27). The minimum Gasteiger partial charge on any atom is -0.478 e. The van der Waals surface area contributed by atoms with Gasteiger partial charge in [-0.3, -0.25) is 0 Å². The lowest BCUT2D eigenvalue weighted by Crippen LogP contribution is -2.03. The van der Waals surface area contributed by atoms with Gasteiger partial charge in [0.1, 0.15) is 0 Å². The van der Waals surface area contributed by atoms with Crippen LogP contribution in [-0.2, 0) is 4.79 Å². The monoisotopic (exact) mass is 359 g/mol. The molecule has 0 spiro atoms. The van der Waals surface area contributed by atoms with Crippen molar-refractivity contribution in [2.75, 3.05) is 5.32 Å². The molecule has 5 heteroatoms. The van der Waals surface area contributed by atoms with E-state index in [9.17, 15) is 19.8 Å². The average Bonchev–Trinajstić information content (AvgIpc) is 2.68. The van der Waals surface area contributed by atoms with Crippen molar-refractivity contribution >= 4 is 35.0 Å². The van der Waals surface area contributed by atoms with Crippen molar-refractivity contribution in [3.05, 3.63) is 95.6 Å². The molecule has 3 rings (SSSR count). The summed E-state index contributed by atoms with van der Waals surface area (Å²) >= 11 is 0. The molecule has 0 bridgehead atoms. The number of aromatic carboxylic acids is 1. The Morgan fingerprint density at radius 2 is 1.33 bits per heavy atom. The number of aliphatic carboxylic acids is 1. The first-order valence-electron chi connectivity index (χ1n) is 8.24. The second kappa shape index (κ2) is 8.01. The van der Waals surface area contributed by atoms with Gasteiger partial charge in [0.05, 0.1) is 11.1 Å². The van der Waals surface area contributed by atoms with Gasteiger partial charge in [-0.1, -0.05) is 48.5 Å². The highest BCUT2D eigenvalue weighted by Gasteiger charge is 2.14. The number of benzene rings is 3. The molecular weight excluding hydrogens is 342 g/mol. The summed E-state index contributed by atoms with van der Waals surface area (Å²) in [6, 6.07) is 22.9. The summed E-state index contributed by atoms with van der Waals surface area (Å²) in [5.41, 5.74) is 2.65. The molecule has 0 amide bonds. The van der Waals surface area contributed by atoms with Crippen molar-refractivity contribution in [3.63, 3.8) is 0 Å². The third-order valence-corrected chi connectivity index (χ3v) is 3.98. The fourth-order valence-corrected chi connectivity index (χ4v) is 2.66. The van der Waals surface area contributed by atoms with E-state index >= 15 is 0 Å². The highest BCUT2D eigenvalue weighted by Crippen LogP contribution is 2.24. The van der Waals surface area contributed by atoms with Gasteiger partial charge in [0.25, 0.3) is 0 Å². The van der Waals surface area contributed by atoms with Crippen LogP contribution in [0.2, 0.25) is 0 Å². The van der Waals surface area contributed by atoms with Crippen LogP contribution in [-0.4, -0.2) is 22.2 Å². The number of nitrogens with one attached hydrogen (secondary N) is 1. The van der Waals surface area contributed by atoms with E-state index in [1.54, 1.807) is 42.5 Å². The van der Waals surface area contributed by atoms with E-state index in [0.717, 1.165) is 11.4 Å². The lowest BCUT2D eigenvalue weighted by Gasteiger charge is -2.09. The normalized spacial score (nSPS) is 11.0. The second-order valence-corrected chi connectivity index (χ2v) is 5.82. The minimum absolute atomic E-state index is 0.0231. The Morgan fingerprint density at radius 1 is 0.741 bits per heavy atom. The van der Waals surface area contributed by atoms with Gasteiger partial charge in [-0.2, -0.15) is 0 Å². The van der Waals surface area contributed by atoms with Gasteiger partial charge in [-0.25, -0.2) is 9.59 Å². The topological polar surface area (TPSA) is 86.6 Å². The summed E-state index contributed by atoms with van der Waals surface area (Å²) in [4.78, 5) is 23.1. The molecule has 3 N–H and O–H groups in total. The Morgan fingerprint density at radius 3 is 1.96 bits per heavy atom. The predicted octanol–water partition coefficient (Wildman–Crippen LogP) is 4.75. The zero-order valence-electron chi connectivity index (χ0n) is 14.3. The number of carbonyl (C=O) groups is 2. The quantitative estimate of drug-likeness (QED) is 0.437. The van der Waals surface area contributed by atoms with E-state index in [0.29, 0.717) is 11.1 Å². The molecule has 0 heterocycles. The molecule has 0 saturated carbocycles. The molecule has 134 valence electrons. The molecule has 0 aliphatic carbocycles. The summed E-state index contributed by atoms with van der Waals surface area (Å²) < 4.78 is 0. The Kier molecular flexibility index (Phi) is 5.33. The summed E-state index contributed by atoms with van der Waals surface area (Å²) in [5, 5.41) is 22.1. The molecule has 3 aromatic carbocycles. The molecule has 0 aliphatic heterocycles. The van der Waals surface area contributed by atoms with E-state index in [4.69, 9.17) is 0 Å².